The number of methoxy groups -OCH3 is 1. The van der Waals surface area contributed by atoms with E-state index in [0.717, 1.165) is 23.6 Å². The number of aryl methyl sites for hydroxylation is 1. The van der Waals surface area contributed by atoms with Gasteiger partial charge in [-0.1, -0.05) is 30.9 Å². The fourth-order valence-electron chi connectivity index (χ4n) is 4.39. The molecule has 0 unspecified atom stereocenters. The Morgan fingerprint density at radius 2 is 1.86 bits per heavy atom. The Morgan fingerprint density at radius 1 is 1.14 bits per heavy atom. The highest BCUT2D eigenvalue weighted by Gasteiger charge is 2.39. The summed E-state index contributed by atoms with van der Waals surface area (Å²) >= 11 is 6.55. The summed E-state index contributed by atoms with van der Waals surface area (Å²) in [6, 6.07) is 2.14. The highest BCUT2D eigenvalue weighted by molar-refractivity contribution is 6.32. The van der Waals surface area contributed by atoms with E-state index in [4.69, 9.17) is 22.1 Å². The molecule has 0 saturated heterocycles. The summed E-state index contributed by atoms with van der Waals surface area (Å²) in [4.78, 5) is 0. The van der Waals surface area contributed by atoms with Crippen molar-refractivity contribution >= 4 is 11.6 Å². The molecule has 0 atom stereocenters. The quantitative estimate of drug-likeness (QED) is 0.841. The summed E-state index contributed by atoms with van der Waals surface area (Å²) in [5, 5.41) is 0.771. The third-order valence-electron chi connectivity index (χ3n) is 5.49. The van der Waals surface area contributed by atoms with Gasteiger partial charge in [0.1, 0.15) is 5.75 Å². The number of fused-ring (bicyclic) bond motifs is 1. The molecule has 116 valence electrons. The standard InChI is InChI=1S/C18H26ClNO/c1-21-17-15(19)11-13-7-3-2-4-8-14(13)16(17)18(12-20)9-5-6-10-18/h11H,2-10,12,20H2,1H3. The van der Waals surface area contributed by atoms with Crippen molar-refractivity contribution in [2.75, 3.05) is 13.7 Å². The fraction of sp³-hybridized carbons (Fsp3) is 0.667. The summed E-state index contributed by atoms with van der Waals surface area (Å²) < 4.78 is 5.73. The molecule has 1 saturated carbocycles. The van der Waals surface area contributed by atoms with Crippen molar-refractivity contribution < 1.29 is 4.74 Å². The molecule has 0 radical (unpaired) electrons. The highest BCUT2D eigenvalue weighted by atomic mass is 35.5. The second-order valence-electron chi connectivity index (χ2n) is 6.66. The van der Waals surface area contributed by atoms with Crippen LogP contribution >= 0.6 is 11.6 Å². The van der Waals surface area contributed by atoms with Crippen LogP contribution in [0.2, 0.25) is 5.02 Å². The van der Waals surface area contributed by atoms with E-state index in [-0.39, 0.29) is 5.41 Å². The molecule has 0 aromatic heterocycles. The molecule has 0 spiro atoms. The highest BCUT2D eigenvalue weighted by Crippen LogP contribution is 2.49. The van der Waals surface area contributed by atoms with E-state index in [2.05, 4.69) is 6.07 Å². The van der Waals surface area contributed by atoms with Crippen molar-refractivity contribution in [3.05, 3.63) is 27.8 Å². The third kappa shape index (κ3) is 2.57. The van der Waals surface area contributed by atoms with Gasteiger partial charge in [-0.05, 0) is 55.7 Å². The second kappa shape index (κ2) is 6.18. The molecule has 0 heterocycles. The van der Waals surface area contributed by atoms with Crippen LogP contribution in [0, 0.1) is 0 Å². The molecule has 2 aliphatic carbocycles. The Bertz CT molecular complexity index is 520. The first-order valence-electron chi connectivity index (χ1n) is 8.30. The molecule has 2 aliphatic rings. The normalized spacial score (nSPS) is 20.9. The molecule has 1 fully saturated rings. The SMILES string of the molecule is COc1c(Cl)cc2c(c1C1(CN)CCCC1)CCCCC2. The van der Waals surface area contributed by atoms with Gasteiger partial charge in [-0.25, -0.2) is 0 Å². The molecule has 0 aliphatic heterocycles. The van der Waals surface area contributed by atoms with Gasteiger partial charge in [0.2, 0.25) is 0 Å². The van der Waals surface area contributed by atoms with Crippen molar-refractivity contribution in [2.24, 2.45) is 5.73 Å². The fourth-order valence-corrected chi connectivity index (χ4v) is 4.70. The summed E-state index contributed by atoms with van der Waals surface area (Å²) in [5.74, 6) is 0.893. The minimum atomic E-state index is 0.0880. The van der Waals surface area contributed by atoms with E-state index in [1.54, 1.807) is 7.11 Å². The van der Waals surface area contributed by atoms with E-state index >= 15 is 0 Å². The molecule has 0 bridgehead atoms. The number of rotatable bonds is 3. The first-order valence-corrected chi connectivity index (χ1v) is 8.68. The lowest BCUT2D eigenvalue weighted by atomic mass is 9.74. The predicted molar refractivity (Wildman–Crippen MR) is 88.5 cm³/mol. The van der Waals surface area contributed by atoms with Crippen LogP contribution in [0.3, 0.4) is 0 Å². The van der Waals surface area contributed by atoms with Gasteiger partial charge in [0.25, 0.3) is 0 Å². The van der Waals surface area contributed by atoms with Crippen LogP contribution < -0.4 is 10.5 Å². The molecule has 0 amide bonds. The van der Waals surface area contributed by atoms with E-state index in [1.165, 1.54) is 61.6 Å². The van der Waals surface area contributed by atoms with Crippen LogP contribution in [-0.2, 0) is 18.3 Å². The van der Waals surface area contributed by atoms with E-state index in [1.807, 2.05) is 0 Å². The number of ether oxygens (including phenoxy) is 1. The van der Waals surface area contributed by atoms with Gasteiger partial charge in [-0.2, -0.15) is 0 Å². The van der Waals surface area contributed by atoms with Crippen LogP contribution in [0.15, 0.2) is 6.07 Å². The van der Waals surface area contributed by atoms with Gasteiger partial charge in [0.15, 0.2) is 0 Å². The van der Waals surface area contributed by atoms with Gasteiger partial charge >= 0.3 is 0 Å². The van der Waals surface area contributed by atoms with Gasteiger partial charge in [-0.15, -0.1) is 0 Å². The molecule has 3 rings (SSSR count). The predicted octanol–water partition coefficient (Wildman–Crippen LogP) is 4.39. The molecule has 2 nitrogen and oxygen atoms in total. The molecule has 1 aromatic rings. The van der Waals surface area contributed by atoms with E-state index < -0.39 is 0 Å². The van der Waals surface area contributed by atoms with Gasteiger partial charge in [-0.3, -0.25) is 0 Å². The number of halogens is 1. The van der Waals surface area contributed by atoms with Crippen LogP contribution in [-0.4, -0.2) is 13.7 Å². The van der Waals surface area contributed by atoms with Crippen LogP contribution in [0.25, 0.3) is 0 Å². The average Bonchev–Trinajstić information content (AvgIpc) is 2.86. The van der Waals surface area contributed by atoms with Crippen molar-refractivity contribution in [3.8, 4) is 5.75 Å². The molecule has 3 heteroatoms. The molecular formula is C18H26ClNO. The first kappa shape index (κ1) is 15.2. The van der Waals surface area contributed by atoms with Crippen molar-refractivity contribution in [1.82, 2.24) is 0 Å². The van der Waals surface area contributed by atoms with Crippen LogP contribution in [0.1, 0.15) is 61.6 Å². The minimum absolute atomic E-state index is 0.0880. The number of nitrogens with two attached hydrogens (primary N) is 1. The van der Waals surface area contributed by atoms with Crippen molar-refractivity contribution in [1.29, 1.82) is 0 Å². The Kier molecular flexibility index (Phi) is 4.46. The average molecular weight is 308 g/mol. The minimum Gasteiger partial charge on any atom is -0.495 e. The molecular weight excluding hydrogens is 282 g/mol. The zero-order chi connectivity index (χ0) is 14.9. The topological polar surface area (TPSA) is 35.2 Å². The Labute approximate surface area is 133 Å². The number of hydrogen-bond acceptors (Lipinski definition) is 2. The first-order chi connectivity index (χ1) is 10.2. The van der Waals surface area contributed by atoms with Gasteiger partial charge < -0.3 is 10.5 Å². The van der Waals surface area contributed by atoms with Crippen LogP contribution in [0.5, 0.6) is 5.75 Å². The smallest absolute Gasteiger partial charge is 0.141 e. The third-order valence-corrected chi connectivity index (χ3v) is 5.77. The maximum atomic E-state index is 6.55. The maximum absolute atomic E-state index is 6.55. The molecule has 21 heavy (non-hydrogen) atoms. The lowest BCUT2D eigenvalue weighted by Crippen LogP contribution is -2.34. The Hall–Kier alpha value is -0.730. The van der Waals surface area contributed by atoms with E-state index in [9.17, 15) is 0 Å². The number of hydrogen-bond donors (Lipinski definition) is 1. The maximum Gasteiger partial charge on any atom is 0.141 e. The van der Waals surface area contributed by atoms with Crippen LogP contribution in [0.4, 0.5) is 0 Å². The van der Waals surface area contributed by atoms with Crippen molar-refractivity contribution in [2.45, 2.75) is 63.2 Å². The van der Waals surface area contributed by atoms with Gasteiger partial charge in [0.05, 0.1) is 12.1 Å². The largest absolute Gasteiger partial charge is 0.495 e. The molecule has 1 aromatic carbocycles. The number of benzene rings is 1. The summed E-state index contributed by atoms with van der Waals surface area (Å²) in [6.45, 7) is 0.705. The zero-order valence-electron chi connectivity index (χ0n) is 13.0. The summed E-state index contributed by atoms with van der Waals surface area (Å²) in [7, 11) is 1.74. The summed E-state index contributed by atoms with van der Waals surface area (Å²) in [6.07, 6.45) is 11.0. The lowest BCUT2D eigenvalue weighted by Gasteiger charge is -2.33. The monoisotopic (exact) mass is 307 g/mol. The van der Waals surface area contributed by atoms with Gasteiger partial charge in [0, 0.05) is 17.5 Å². The Balaban J connectivity index is 2.22. The zero-order valence-corrected chi connectivity index (χ0v) is 13.8. The Morgan fingerprint density at radius 3 is 2.52 bits per heavy atom. The second-order valence-corrected chi connectivity index (χ2v) is 7.06. The molecule has 2 N–H and O–H groups in total. The van der Waals surface area contributed by atoms with E-state index in [0.29, 0.717) is 6.54 Å². The summed E-state index contributed by atoms with van der Waals surface area (Å²) in [5.41, 5.74) is 10.6. The van der Waals surface area contributed by atoms with Crippen molar-refractivity contribution in [3.63, 3.8) is 0 Å². The lowest BCUT2D eigenvalue weighted by molar-refractivity contribution is 0.375.